The van der Waals surface area contributed by atoms with E-state index in [4.69, 9.17) is 4.74 Å². The molecule has 0 aliphatic carbocycles. The third-order valence-electron chi connectivity index (χ3n) is 4.42. The maximum Gasteiger partial charge on any atom is 0.673 e. The lowest BCUT2D eigenvalue weighted by molar-refractivity contribution is 0.248. The number of hydrogen-bond donors (Lipinski definition) is 0. The van der Waals surface area contributed by atoms with Gasteiger partial charge in [0.25, 0.3) is 0 Å². The van der Waals surface area contributed by atoms with E-state index in [-0.39, 0.29) is 11.9 Å². The van der Waals surface area contributed by atoms with Gasteiger partial charge in [0.15, 0.2) is 6.10 Å². The van der Waals surface area contributed by atoms with Gasteiger partial charge in [0.05, 0.1) is 9.75 Å². The van der Waals surface area contributed by atoms with Crippen LogP contribution in [-0.4, -0.2) is 20.3 Å². The standard InChI is InChI=1S/C20H19FNOS2.BF4/c1-3-22(4-2)20-24-18-15-7-5-6-8-16(15)23-17(19(18)25-20)13-9-11-14(21)12-10-13;2-1(3,4)5/h5-12,17H,3-4H2,1-2H3;/q+1;-1. The van der Waals surface area contributed by atoms with Gasteiger partial charge in [-0.1, -0.05) is 46.9 Å². The average molecular weight is 459 g/mol. The van der Waals surface area contributed by atoms with Crippen molar-refractivity contribution in [2.75, 3.05) is 13.1 Å². The summed E-state index contributed by atoms with van der Waals surface area (Å²) in [6.07, 6.45) is -0.184. The molecule has 4 rings (SSSR count). The normalized spacial score (nSPS) is 14.7. The molecular formula is C20H19BF5NOS2. The summed E-state index contributed by atoms with van der Waals surface area (Å²) in [6.45, 7) is 6.32. The van der Waals surface area contributed by atoms with Crippen molar-refractivity contribution in [3.05, 3.63) is 68.8 Å². The minimum Gasteiger partial charge on any atom is -0.479 e. The molecule has 0 saturated heterocycles. The number of nitrogens with zero attached hydrogens (tertiary/aromatic N) is 1. The Balaban J connectivity index is 0.000000461. The van der Waals surface area contributed by atoms with Crippen LogP contribution in [0.2, 0.25) is 0 Å². The van der Waals surface area contributed by atoms with Gasteiger partial charge in [0.1, 0.15) is 24.7 Å². The van der Waals surface area contributed by atoms with Crippen molar-refractivity contribution in [1.29, 1.82) is 0 Å². The van der Waals surface area contributed by atoms with E-state index in [9.17, 15) is 21.7 Å². The molecule has 0 fully saturated rings. The van der Waals surface area contributed by atoms with Crippen molar-refractivity contribution in [2.45, 2.75) is 20.0 Å². The van der Waals surface area contributed by atoms with E-state index >= 15 is 0 Å². The zero-order valence-corrected chi connectivity index (χ0v) is 17.9. The minimum atomic E-state index is -6.00. The van der Waals surface area contributed by atoms with Crippen LogP contribution in [-0.2, 0) is 0 Å². The molecule has 1 aliphatic rings. The van der Waals surface area contributed by atoms with Crippen LogP contribution < -0.4 is 13.3 Å². The summed E-state index contributed by atoms with van der Waals surface area (Å²) in [7, 11) is -6.00. The second-order valence-electron chi connectivity index (χ2n) is 6.38. The van der Waals surface area contributed by atoms with Crippen LogP contribution in [0.5, 0.6) is 5.75 Å². The molecule has 1 aromatic heterocycles. The molecule has 0 amide bonds. The molecule has 0 spiro atoms. The Morgan fingerprint density at radius 1 is 0.933 bits per heavy atom. The number of para-hydroxylation sites is 1. The van der Waals surface area contributed by atoms with Crippen molar-refractivity contribution in [1.82, 2.24) is 4.58 Å². The highest BCUT2D eigenvalue weighted by Gasteiger charge is 2.31. The quantitative estimate of drug-likeness (QED) is 0.258. The summed E-state index contributed by atoms with van der Waals surface area (Å²) in [5.41, 5.74) is 2.13. The lowest BCUT2D eigenvalue weighted by Crippen LogP contribution is -2.25. The van der Waals surface area contributed by atoms with Crippen LogP contribution in [0.15, 0.2) is 48.5 Å². The third kappa shape index (κ3) is 5.29. The first kappa shape index (κ1) is 22.5. The largest absolute Gasteiger partial charge is 0.673 e. The summed E-state index contributed by atoms with van der Waals surface area (Å²) < 4.78 is 62.3. The predicted octanol–water partition coefficient (Wildman–Crippen LogP) is 6.21. The van der Waals surface area contributed by atoms with E-state index in [0.29, 0.717) is 0 Å². The fourth-order valence-electron chi connectivity index (χ4n) is 3.06. The zero-order valence-electron chi connectivity index (χ0n) is 16.2. The lowest BCUT2D eigenvalue weighted by Gasteiger charge is -2.25. The molecule has 1 aliphatic heterocycles. The molecule has 2 heterocycles. The van der Waals surface area contributed by atoms with Crippen molar-refractivity contribution in [3.63, 3.8) is 0 Å². The van der Waals surface area contributed by atoms with Crippen LogP contribution in [0.1, 0.15) is 30.4 Å². The first-order valence-electron chi connectivity index (χ1n) is 9.31. The van der Waals surface area contributed by atoms with Gasteiger partial charge in [-0.2, -0.15) is 0 Å². The summed E-state index contributed by atoms with van der Waals surface area (Å²) in [4.78, 5) is 2.47. The van der Waals surface area contributed by atoms with Crippen LogP contribution >= 0.6 is 22.7 Å². The topological polar surface area (TPSA) is 12.2 Å². The maximum absolute atomic E-state index is 13.3. The lowest BCUT2D eigenvalue weighted by atomic mass is 10.0. The predicted molar refractivity (Wildman–Crippen MR) is 113 cm³/mol. The monoisotopic (exact) mass is 459 g/mol. The Morgan fingerprint density at radius 2 is 1.53 bits per heavy atom. The fourth-order valence-corrected chi connectivity index (χ4v) is 6.12. The SMILES string of the molecule is CC[N+](CC)=c1sc2c(s1)C(c1ccc(F)cc1)Oc1ccccc1-2.F[B-](F)(F)F. The van der Waals surface area contributed by atoms with E-state index in [1.165, 1.54) is 25.9 Å². The Hall–Kier alpha value is -2.20. The maximum atomic E-state index is 13.3. The molecular weight excluding hydrogens is 440 g/mol. The van der Waals surface area contributed by atoms with Gasteiger partial charge >= 0.3 is 11.2 Å². The molecule has 0 bridgehead atoms. The molecule has 10 heteroatoms. The number of hydrogen-bond acceptors (Lipinski definition) is 3. The van der Waals surface area contributed by atoms with Crippen LogP contribution in [0, 0.1) is 5.82 Å². The Labute approximate surface area is 179 Å². The van der Waals surface area contributed by atoms with Crippen molar-refractivity contribution < 1.29 is 26.4 Å². The van der Waals surface area contributed by atoms with E-state index < -0.39 is 7.25 Å². The molecule has 2 aromatic carbocycles. The molecule has 0 radical (unpaired) electrons. The molecule has 0 N–H and O–H groups in total. The van der Waals surface area contributed by atoms with Gasteiger partial charge in [-0.05, 0) is 43.7 Å². The van der Waals surface area contributed by atoms with Crippen LogP contribution in [0.25, 0.3) is 10.4 Å². The van der Waals surface area contributed by atoms with Gasteiger partial charge in [-0.15, -0.1) is 0 Å². The molecule has 0 saturated carbocycles. The summed E-state index contributed by atoms with van der Waals surface area (Å²) in [5.74, 6) is 0.669. The zero-order chi connectivity index (χ0) is 21.9. The van der Waals surface area contributed by atoms with Crippen LogP contribution in [0.4, 0.5) is 21.7 Å². The van der Waals surface area contributed by atoms with E-state index in [1.807, 2.05) is 41.7 Å². The Morgan fingerprint density at radius 3 is 2.13 bits per heavy atom. The van der Waals surface area contributed by atoms with Gasteiger partial charge in [0.2, 0.25) is 0 Å². The Kier molecular flexibility index (Phi) is 6.97. The number of benzene rings is 2. The fraction of sp³-hybridized carbons (Fsp3) is 0.250. The van der Waals surface area contributed by atoms with Crippen molar-refractivity contribution in [2.24, 2.45) is 0 Å². The highest BCUT2D eigenvalue weighted by Crippen LogP contribution is 2.47. The third-order valence-corrected chi connectivity index (χ3v) is 7.20. The number of halogens is 5. The minimum absolute atomic E-state index is 0.184. The molecule has 2 nitrogen and oxygen atoms in total. The summed E-state index contributed by atoms with van der Waals surface area (Å²) in [5, 5.41) is 0. The van der Waals surface area contributed by atoms with E-state index in [0.717, 1.165) is 30.0 Å². The number of ether oxygens (including phenoxy) is 1. The van der Waals surface area contributed by atoms with Gasteiger partial charge in [-0.25, -0.2) is 8.97 Å². The van der Waals surface area contributed by atoms with Gasteiger partial charge in [0, 0.05) is 5.56 Å². The van der Waals surface area contributed by atoms with Gasteiger partial charge < -0.3 is 22.0 Å². The number of fused-ring (bicyclic) bond motifs is 3. The summed E-state index contributed by atoms with van der Waals surface area (Å²) in [6, 6.07) is 14.8. The van der Waals surface area contributed by atoms with Gasteiger partial charge in [-0.3, -0.25) is 0 Å². The molecule has 160 valence electrons. The van der Waals surface area contributed by atoms with E-state index in [2.05, 4.69) is 24.5 Å². The van der Waals surface area contributed by atoms with Crippen molar-refractivity contribution >= 4 is 29.9 Å². The first-order valence-corrected chi connectivity index (χ1v) is 10.9. The second-order valence-corrected chi connectivity index (χ2v) is 8.66. The van der Waals surface area contributed by atoms with E-state index in [1.54, 1.807) is 11.3 Å². The van der Waals surface area contributed by atoms with Crippen LogP contribution in [0.3, 0.4) is 0 Å². The molecule has 30 heavy (non-hydrogen) atoms. The number of rotatable bonds is 3. The molecule has 3 aromatic rings. The Bertz CT molecular complexity index is 1060. The first-order chi connectivity index (χ1) is 14.2. The highest BCUT2D eigenvalue weighted by molar-refractivity contribution is 7.29. The molecule has 1 atom stereocenters. The smallest absolute Gasteiger partial charge is 0.479 e. The second kappa shape index (κ2) is 9.30. The average Bonchev–Trinajstić information content (AvgIpc) is 3.13. The highest BCUT2D eigenvalue weighted by atomic mass is 32.2. The van der Waals surface area contributed by atoms with Crippen molar-refractivity contribution in [3.8, 4) is 16.2 Å². The summed E-state index contributed by atoms with van der Waals surface area (Å²) >= 11 is 3.62. The molecule has 1 unspecified atom stereocenters.